The van der Waals surface area contributed by atoms with Crippen molar-refractivity contribution in [3.63, 3.8) is 0 Å². The van der Waals surface area contributed by atoms with Crippen molar-refractivity contribution in [2.24, 2.45) is 0 Å². The van der Waals surface area contributed by atoms with Crippen LogP contribution in [-0.4, -0.2) is 16.8 Å². The van der Waals surface area contributed by atoms with Crippen LogP contribution in [0.3, 0.4) is 0 Å². The third-order valence-corrected chi connectivity index (χ3v) is 3.31. The van der Waals surface area contributed by atoms with Crippen LogP contribution in [0.25, 0.3) is 6.08 Å². The van der Waals surface area contributed by atoms with Crippen LogP contribution in [0.2, 0.25) is 10.0 Å². The van der Waals surface area contributed by atoms with Crippen LogP contribution in [0, 0.1) is 0 Å². The van der Waals surface area contributed by atoms with Crippen LogP contribution in [0.15, 0.2) is 48.7 Å². The standard InChI is InChI=1S/C15H11Cl2N3O2/c16-11-6-4-10(9-12(11)17)5-7-14(21)19-20-15(22)13-3-1-2-8-18-13/h1-9H,(H,19,21)(H,20,22)/b7-5+. The monoisotopic (exact) mass is 335 g/mol. The molecule has 0 aliphatic carbocycles. The molecule has 112 valence electrons. The van der Waals surface area contributed by atoms with E-state index >= 15 is 0 Å². The summed E-state index contributed by atoms with van der Waals surface area (Å²) in [6.07, 6.45) is 4.30. The van der Waals surface area contributed by atoms with E-state index in [0.29, 0.717) is 15.6 Å². The van der Waals surface area contributed by atoms with Gasteiger partial charge in [-0.2, -0.15) is 0 Å². The molecule has 0 fully saturated rings. The summed E-state index contributed by atoms with van der Waals surface area (Å²) in [4.78, 5) is 27.1. The maximum atomic E-state index is 11.7. The van der Waals surface area contributed by atoms with Crippen molar-refractivity contribution in [1.29, 1.82) is 0 Å². The molecule has 1 aromatic heterocycles. The van der Waals surface area contributed by atoms with Gasteiger partial charge in [-0.3, -0.25) is 25.4 Å². The lowest BCUT2D eigenvalue weighted by Crippen LogP contribution is -2.41. The van der Waals surface area contributed by atoms with Crippen LogP contribution in [0.1, 0.15) is 16.1 Å². The Kier molecular flexibility index (Phi) is 5.52. The van der Waals surface area contributed by atoms with Gasteiger partial charge in [0.15, 0.2) is 0 Å². The number of carbonyl (C=O) groups excluding carboxylic acids is 2. The van der Waals surface area contributed by atoms with Crippen molar-refractivity contribution >= 4 is 41.1 Å². The molecule has 1 aromatic carbocycles. The maximum absolute atomic E-state index is 11.7. The zero-order valence-electron chi connectivity index (χ0n) is 11.2. The van der Waals surface area contributed by atoms with Gasteiger partial charge in [0.2, 0.25) is 0 Å². The average Bonchev–Trinajstić information content (AvgIpc) is 2.54. The van der Waals surface area contributed by atoms with E-state index in [1.54, 1.807) is 36.4 Å². The second-order valence-corrected chi connectivity index (χ2v) is 4.98. The number of carbonyl (C=O) groups is 2. The Morgan fingerprint density at radius 3 is 2.55 bits per heavy atom. The van der Waals surface area contributed by atoms with Crippen LogP contribution in [0.5, 0.6) is 0 Å². The number of nitrogens with one attached hydrogen (secondary N) is 2. The molecule has 0 bridgehead atoms. The topological polar surface area (TPSA) is 71.1 Å². The summed E-state index contributed by atoms with van der Waals surface area (Å²) in [6, 6.07) is 9.87. The van der Waals surface area contributed by atoms with Gasteiger partial charge in [-0.25, -0.2) is 0 Å². The van der Waals surface area contributed by atoms with Crippen LogP contribution in [-0.2, 0) is 4.79 Å². The number of benzene rings is 1. The van der Waals surface area contributed by atoms with E-state index in [0.717, 1.165) is 0 Å². The van der Waals surface area contributed by atoms with Crippen LogP contribution in [0.4, 0.5) is 0 Å². The van der Waals surface area contributed by atoms with Crippen molar-refractivity contribution < 1.29 is 9.59 Å². The molecule has 22 heavy (non-hydrogen) atoms. The number of hydrazine groups is 1. The Hall–Kier alpha value is -2.37. The highest BCUT2D eigenvalue weighted by atomic mass is 35.5. The van der Waals surface area contributed by atoms with Gasteiger partial charge in [0.05, 0.1) is 10.0 Å². The first kappa shape index (κ1) is 16.0. The molecule has 5 nitrogen and oxygen atoms in total. The van der Waals surface area contributed by atoms with Crippen LogP contribution >= 0.6 is 23.2 Å². The van der Waals surface area contributed by atoms with Gasteiger partial charge in [0, 0.05) is 12.3 Å². The van der Waals surface area contributed by atoms with Gasteiger partial charge in [-0.05, 0) is 35.9 Å². The van der Waals surface area contributed by atoms with Gasteiger partial charge in [0.1, 0.15) is 5.69 Å². The lowest BCUT2D eigenvalue weighted by atomic mass is 10.2. The third kappa shape index (κ3) is 4.58. The number of hydrogen-bond donors (Lipinski definition) is 2. The highest BCUT2D eigenvalue weighted by molar-refractivity contribution is 6.42. The second kappa shape index (κ2) is 7.59. The Morgan fingerprint density at radius 2 is 1.86 bits per heavy atom. The molecule has 2 rings (SSSR count). The summed E-state index contributed by atoms with van der Waals surface area (Å²) < 4.78 is 0. The lowest BCUT2D eigenvalue weighted by Gasteiger charge is -2.04. The quantitative estimate of drug-likeness (QED) is 0.669. The number of halogens is 2. The predicted molar refractivity (Wildman–Crippen MR) is 85.3 cm³/mol. The molecule has 0 unspecified atom stereocenters. The Balaban J connectivity index is 1.89. The van der Waals surface area contributed by atoms with Gasteiger partial charge >= 0.3 is 0 Å². The van der Waals surface area contributed by atoms with Gasteiger partial charge in [-0.15, -0.1) is 0 Å². The van der Waals surface area contributed by atoms with E-state index in [1.165, 1.54) is 18.3 Å². The smallest absolute Gasteiger partial charge is 0.268 e. The lowest BCUT2D eigenvalue weighted by molar-refractivity contribution is -0.117. The fourth-order valence-corrected chi connectivity index (χ4v) is 1.82. The molecule has 1 heterocycles. The van der Waals surface area contributed by atoms with E-state index in [-0.39, 0.29) is 5.69 Å². The first-order valence-corrected chi connectivity index (χ1v) is 6.96. The minimum atomic E-state index is -0.503. The molecule has 0 atom stereocenters. The second-order valence-electron chi connectivity index (χ2n) is 4.17. The molecular weight excluding hydrogens is 325 g/mol. The number of nitrogens with zero attached hydrogens (tertiary/aromatic N) is 1. The van der Waals surface area contributed by atoms with Crippen molar-refractivity contribution in [1.82, 2.24) is 15.8 Å². The molecule has 2 amide bonds. The molecule has 2 aromatic rings. The molecule has 0 saturated carbocycles. The summed E-state index contributed by atoms with van der Waals surface area (Å²) >= 11 is 11.7. The van der Waals surface area contributed by atoms with Gasteiger partial charge < -0.3 is 0 Å². The first-order chi connectivity index (χ1) is 10.6. The number of pyridine rings is 1. The van der Waals surface area contributed by atoms with Gasteiger partial charge in [0.25, 0.3) is 11.8 Å². The first-order valence-electron chi connectivity index (χ1n) is 6.21. The van der Waals surface area contributed by atoms with E-state index < -0.39 is 11.8 Å². The van der Waals surface area contributed by atoms with E-state index in [4.69, 9.17) is 23.2 Å². The molecule has 0 aliphatic heterocycles. The zero-order chi connectivity index (χ0) is 15.9. The molecular formula is C15H11Cl2N3O2. The predicted octanol–water partition coefficient (Wildman–Crippen LogP) is 2.86. The minimum Gasteiger partial charge on any atom is -0.268 e. The van der Waals surface area contributed by atoms with E-state index in [1.807, 2.05) is 0 Å². The van der Waals surface area contributed by atoms with Crippen molar-refractivity contribution in [2.75, 3.05) is 0 Å². The Morgan fingerprint density at radius 1 is 1.05 bits per heavy atom. The molecule has 7 heteroatoms. The number of hydrogen-bond acceptors (Lipinski definition) is 3. The summed E-state index contributed by atoms with van der Waals surface area (Å²) in [5.41, 5.74) is 5.42. The largest absolute Gasteiger partial charge is 0.288 e. The van der Waals surface area contributed by atoms with Crippen molar-refractivity contribution in [3.8, 4) is 0 Å². The van der Waals surface area contributed by atoms with Crippen molar-refractivity contribution in [2.45, 2.75) is 0 Å². The number of rotatable bonds is 3. The summed E-state index contributed by atoms with van der Waals surface area (Å²) in [7, 11) is 0. The maximum Gasteiger partial charge on any atom is 0.288 e. The summed E-state index contributed by atoms with van der Waals surface area (Å²) in [6.45, 7) is 0. The van der Waals surface area contributed by atoms with E-state index in [2.05, 4.69) is 15.8 Å². The fourth-order valence-electron chi connectivity index (χ4n) is 1.51. The fraction of sp³-hybridized carbons (Fsp3) is 0. The van der Waals surface area contributed by atoms with Crippen molar-refractivity contribution in [3.05, 3.63) is 70.0 Å². The average molecular weight is 336 g/mol. The number of aromatic nitrogens is 1. The highest BCUT2D eigenvalue weighted by Gasteiger charge is 2.06. The minimum absolute atomic E-state index is 0.205. The summed E-state index contributed by atoms with van der Waals surface area (Å²) in [5.74, 6) is -0.993. The molecule has 0 radical (unpaired) electrons. The van der Waals surface area contributed by atoms with Gasteiger partial charge in [-0.1, -0.05) is 35.3 Å². The van der Waals surface area contributed by atoms with Crippen LogP contribution < -0.4 is 10.9 Å². The third-order valence-electron chi connectivity index (χ3n) is 2.57. The molecule has 0 spiro atoms. The normalized spacial score (nSPS) is 10.5. The highest BCUT2D eigenvalue weighted by Crippen LogP contribution is 2.22. The molecule has 0 saturated heterocycles. The van der Waals surface area contributed by atoms with E-state index in [9.17, 15) is 9.59 Å². The zero-order valence-corrected chi connectivity index (χ0v) is 12.7. The summed E-state index contributed by atoms with van der Waals surface area (Å²) in [5, 5.41) is 0.832. The molecule has 2 N–H and O–H groups in total. The SMILES string of the molecule is O=C(/C=C/c1ccc(Cl)c(Cl)c1)NNC(=O)c1ccccn1. The Labute approximate surface area is 136 Å². The number of amides is 2. The molecule has 0 aliphatic rings. The Bertz CT molecular complexity index is 718.